The zero-order valence-corrected chi connectivity index (χ0v) is 71.2. The maximum absolute atomic E-state index is 13.5. The largest absolute Gasteiger partial charge is 0.495 e. The van der Waals surface area contributed by atoms with E-state index >= 15 is 0 Å². The molecular weight excluding hydrogens is 1650 g/mol. The zero-order valence-electron chi connectivity index (χ0n) is 68.1. The number of carbonyl (C=O) groups is 7. The first-order chi connectivity index (χ1) is 58.2. The number of hydrogen-bond donors (Lipinski definition) is 8. The van der Waals surface area contributed by atoms with E-state index in [1.165, 1.54) is 56.6 Å². The highest BCUT2D eigenvalue weighted by Crippen LogP contribution is 2.46. The molecule has 0 spiro atoms. The molecule has 9 amide bonds. The van der Waals surface area contributed by atoms with E-state index in [-0.39, 0.29) is 128 Å². The van der Waals surface area contributed by atoms with Crippen LogP contribution >= 0.6 is 46.4 Å². The van der Waals surface area contributed by atoms with Crippen LogP contribution in [0.5, 0.6) is 11.5 Å². The Labute approximate surface area is 722 Å². The van der Waals surface area contributed by atoms with Crippen molar-refractivity contribution in [3.8, 4) is 28.7 Å². The molecule has 4 unspecified atom stereocenters. The molecule has 14 rings (SSSR count). The van der Waals surface area contributed by atoms with Gasteiger partial charge < -0.3 is 66.2 Å². The molecule has 0 bridgehead atoms. The Morgan fingerprint density at radius 2 is 0.934 bits per heavy atom. The van der Waals surface area contributed by atoms with Crippen LogP contribution in [0.1, 0.15) is 77.6 Å². The number of ether oxygens (including phenoxy) is 5. The van der Waals surface area contributed by atoms with Gasteiger partial charge in [0.25, 0.3) is 17.4 Å². The van der Waals surface area contributed by atoms with E-state index in [2.05, 4.69) is 119 Å². The highest BCUT2D eigenvalue weighted by atomic mass is 35.5. The summed E-state index contributed by atoms with van der Waals surface area (Å²) in [5.74, 6) is 0.734. The number of halogens is 4. The van der Waals surface area contributed by atoms with Gasteiger partial charge in [0.1, 0.15) is 28.8 Å². The highest BCUT2D eigenvalue weighted by Gasteiger charge is 2.38. The van der Waals surface area contributed by atoms with Crippen LogP contribution in [0.15, 0.2) is 158 Å². The van der Waals surface area contributed by atoms with E-state index in [0.717, 1.165) is 11.1 Å². The van der Waals surface area contributed by atoms with Gasteiger partial charge in [0.2, 0.25) is 35.6 Å². The maximum atomic E-state index is 13.5. The lowest BCUT2D eigenvalue weighted by Crippen LogP contribution is -2.47. The molecule has 634 valence electrons. The smallest absolute Gasteiger partial charge is 0.330 e. The minimum Gasteiger partial charge on any atom is -0.495 e. The number of benzene rings is 5. The minimum absolute atomic E-state index is 0.0674. The van der Waals surface area contributed by atoms with Crippen molar-refractivity contribution in [3.63, 3.8) is 0 Å². The first-order valence-corrected chi connectivity index (χ1v) is 39.7. The summed E-state index contributed by atoms with van der Waals surface area (Å²) in [6.07, 6.45) is 8.44. The number of aryl methyl sites for hydroxylation is 1. The van der Waals surface area contributed by atoms with Crippen LogP contribution in [-0.4, -0.2) is 180 Å². The number of amides is 9. The normalized spacial score (nSPS) is 17.8. The molecule has 37 heteroatoms. The third-order valence-corrected chi connectivity index (χ3v) is 22.0. The summed E-state index contributed by atoms with van der Waals surface area (Å²) in [5, 5.41) is 34.9. The standard InChI is InChI=1S/C31H31ClN8O4.C31H34ClN7O4.C23H23Cl2N5O5/c1-5-26(41)36-23-15-44-16-24(23)37-29-34-13-19-14-40(30(43)39(4)27(19)38-29)25-11-18(9-10-22(25)32)28(42)35-21-8-6-7-20(12-21)31(2,3)17-33;1-6-26(40)35-23-16-43-17-24(23)36-29-33-14-19-15-39(30(42)38(5)27(19)37-29)25-12-18(10-11-22(25)32)28(41)34-21-9-7-8-20(13-21)31(2,3)4;1-5-17(31)27-13-9-35-10-14(13)28-23-26-8-11-6-12(22(32)30(2)21(11)29-23)18-19(24)15(33-3)7-16(34-4)20(18)25/h5-13,23-24H,1,14-16H2,2-4H3,(H,35,42)(H,36,41)(H,34,37,38);6-14,23-24H,1,15-17H2,2-5H3,(H,34,41)(H,35,40)(H,33,36,37);5-8,13-14H,1,9-10H2,2-4H3,(H,27,31)(H,26,28,29)/t;;13-,14+/m..0/s1. The Kier molecular flexibility index (Phi) is 27.5. The second kappa shape index (κ2) is 37.9. The van der Waals surface area contributed by atoms with Gasteiger partial charge in [0.05, 0.1) is 152 Å². The molecule has 9 aromatic rings. The molecule has 3 saturated heterocycles. The molecule has 122 heavy (non-hydrogen) atoms. The Bertz CT molecular complexity index is 5720. The number of aromatic nitrogens is 7. The molecule has 3 fully saturated rings. The van der Waals surface area contributed by atoms with Crippen molar-refractivity contribution in [2.24, 2.45) is 7.05 Å². The number of hydrogen-bond acceptors (Lipinski definition) is 23. The summed E-state index contributed by atoms with van der Waals surface area (Å²) in [6.45, 7) is 22.7. The Morgan fingerprint density at radius 1 is 0.533 bits per heavy atom. The fourth-order valence-corrected chi connectivity index (χ4v) is 14.9. The van der Waals surface area contributed by atoms with Crippen LogP contribution in [0, 0.1) is 11.3 Å². The topological polar surface area (TPSA) is 398 Å². The summed E-state index contributed by atoms with van der Waals surface area (Å²) >= 11 is 26.2. The summed E-state index contributed by atoms with van der Waals surface area (Å²) < 4.78 is 28.5. The highest BCUT2D eigenvalue weighted by molar-refractivity contribution is 6.41. The lowest BCUT2D eigenvalue weighted by atomic mass is 9.86. The van der Waals surface area contributed by atoms with Crippen molar-refractivity contribution >= 4 is 151 Å². The number of nitrogens with zero attached hydrogens (tertiary/aromatic N) is 12. The van der Waals surface area contributed by atoms with Crippen molar-refractivity contribution in [1.82, 2.24) is 50.4 Å². The van der Waals surface area contributed by atoms with E-state index in [1.807, 2.05) is 30.3 Å². The molecule has 5 aromatic carbocycles. The molecule has 9 heterocycles. The number of nitrogens with one attached hydrogen (secondary N) is 8. The number of pyridine rings is 1. The van der Waals surface area contributed by atoms with Crippen LogP contribution < -0.4 is 77.2 Å². The molecule has 0 aliphatic carbocycles. The summed E-state index contributed by atoms with van der Waals surface area (Å²) in [6, 6.07) is 27.4. The molecule has 0 radical (unpaired) electrons. The quantitative estimate of drug-likeness (QED) is 0.0292. The van der Waals surface area contributed by atoms with Gasteiger partial charge >= 0.3 is 12.1 Å². The monoisotopic (exact) mass is 1740 g/mol. The SMILES string of the molecule is C=CC(=O)NC1COCC1Nc1ncc2c(n1)N(C)C(=O)N(c1cc(C(=O)Nc3cccc(C(C)(C)C#N)c3)ccc1Cl)C2.C=CC(=O)NC1COCC1Nc1ncc2c(n1)N(C)C(=O)N(c1cc(C(=O)Nc3cccc(C(C)(C)C)c3)ccc1Cl)C2.C=CC(=O)N[C@H]1COC[C@H]1Nc1ncc2cc(-c3c(Cl)c(OC)cc(OC)c3Cl)c(=O)n(C)c2n1. The molecule has 0 saturated carbocycles. The van der Waals surface area contributed by atoms with Crippen molar-refractivity contribution in [1.29, 1.82) is 5.26 Å². The second-order valence-electron chi connectivity index (χ2n) is 30.3. The number of carbonyl (C=O) groups excluding carboxylic acids is 7. The van der Waals surface area contributed by atoms with Gasteiger partial charge in [0, 0.05) is 90.4 Å². The fraction of sp³-hybridized carbons (Fsp3) is 0.306. The van der Waals surface area contributed by atoms with Gasteiger partial charge in [0.15, 0.2) is 0 Å². The minimum atomic E-state index is -0.720. The molecule has 4 aromatic heterocycles. The number of anilines is 9. The predicted octanol–water partition coefficient (Wildman–Crippen LogP) is 11.8. The van der Waals surface area contributed by atoms with Crippen molar-refractivity contribution < 1.29 is 57.2 Å². The van der Waals surface area contributed by atoms with Crippen LogP contribution in [0.4, 0.5) is 61.8 Å². The van der Waals surface area contributed by atoms with Crippen LogP contribution in [0.3, 0.4) is 0 Å². The summed E-state index contributed by atoms with van der Waals surface area (Å²) in [5.41, 5.74) is 5.60. The summed E-state index contributed by atoms with van der Waals surface area (Å²) in [7, 11) is 7.72. The molecule has 5 aliphatic heterocycles. The molecule has 6 atom stereocenters. The third-order valence-electron chi connectivity index (χ3n) is 20.6. The van der Waals surface area contributed by atoms with Crippen LogP contribution in [0.25, 0.3) is 22.2 Å². The van der Waals surface area contributed by atoms with Crippen molar-refractivity contribution in [2.75, 3.05) is 114 Å². The van der Waals surface area contributed by atoms with E-state index < -0.39 is 17.4 Å². The maximum Gasteiger partial charge on any atom is 0.330 e. The predicted molar refractivity (Wildman–Crippen MR) is 467 cm³/mol. The first kappa shape index (κ1) is 88.5. The number of rotatable bonds is 22. The summed E-state index contributed by atoms with van der Waals surface area (Å²) in [4.78, 5) is 135. The third kappa shape index (κ3) is 19.8. The molecule has 33 nitrogen and oxygen atoms in total. The van der Waals surface area contributed by atoms with Gasteiger partial charge in [-0.15, -0.1) is 0 Å². The molecular formula is C85H88Cl4N20O13. The van der Waals surface area contributed by atoms with Crippen LogP contribution in [0.2, 0.25) is 20.1 Å². The van der Waals surface area contributed by atoms with E-state index in [0.29, 0.717) is 130 Å². The lowest BCUT2D eigenvalue weighted by Gasteiger charge is -2.34. The van der Waals surface area contributed by atoms with Gasteiger partial charge in [-0.25, -0.2) is 24.5 Å². The first-order valence-electron chi connectivity index (χ1n) is 38.2. The average Bonchev–Trinajstić information content (AvgIpc) is 0.788. The van der Waals surface area contributed by atoms with Gasteiger partial charge in [-0.05, 0) is 115 Å². The second-order valence-corrected chi connectivity index (χ2v) is 31.9. The van der Waals surface area contributed by atoms with E-state index in [4.69, 9.17) is 70.1 Å². The average molecular weight is 1740 g/mol. The number of fused-ring (bicyclic) bond motifs is 3. The lowest BCUT2D eigenvalue weighted by molar-refractivity contribution is -0.118. The van der Waals surface area contributed by atoms with E-state index in [9.17, 15) is 43.6 Å². The fourth-order valence-electron chi connectivity index (χ4n) is 13.7. The molecule has 8 N–H and O–H groups in total. The van der Waals surface area contributed by atoms with Crippen molar-refractivity contribution in [2.45, 2.75) is 94.8 Å². The van der Waals surface area contributed by atoms with Gasteiger partial charge in [-0.1, -0.05) is 111 Å². The number of methoxy groups -OCH3 is 2. The van der Waals surface area contributed by atoms with E-state index in [1.54, 1.807) is 120 Å². The Hall–Kier alpha value is -12.8. The van der Waals surface area contributed by atoms with Gasteiger partial charge in [-0.2, -0.15) is 20.2 Å². The number of urea groups is 2. The van der Waals surface area contributed by atoms with Gasteiger partial charge in [-0.3, -0.25) is 52.9 Å². The van der Waals surface area contributed by atoms with Crippen LogP contribution in [-0.2, 0) is 59.6 Å². The zero-order chi connectivity index (χ0) is 87.8. The Balaban J connectivity index is 0.000000169. The molecule has 5 aliphatic rings. The number of nitriles is 1. The van der Waals surface area contributed by atoms with Crippen molar-refractivity contribution in [3.05, 3.63) is 217 Å². The Morgan fingerprint density at radius 3 is 1.34 bits per heavy atom.